The summed E-state index contributed by atoms with van der Waals surface area (Å²) >= 11 is 0. The maximum Gasteiger partial charge on any atom is 0.0597 e. The minimum absolute atomic E-state index is 0.550. The van der Waals surface area contributed by atoms with Crippen molar-refractivity contribution in [3.8, 4) is 0 Å². The van der Waals surface area contributed by atoms with Gasteiger partial charge in [0.1, 0.15) is 0 Å². The number of nitrogens with one attached hydrogen (secondary N) is 1. The lowest BCUT2D eigenvalue weighted by Gasteiger charge is -2.28. The van der Waals surface area contributed by atoms with Gasteiger partial charge in [0.2, 0.25) is 0 Å². The summed E-state index contributed by atoms with van der Waals surface area (Å²) in [6.07, 6.45) is 2.36. The third-order valence-electron chi connectivity index (χ3n) is 3.68. The molecule has 4 nitrogen and oxygen atoms in total. The third-order valence-corrected chi connectivity index (χ3v) is 3.68. The second kappa shape index (κ2) is 5.65. The predicted molar refractivity (Wildman–Crippen MR) is 67.8 cm³/mol. The molecule has 1 unspecified atom stereocenters. The van der Waals surface area contributed by atoms with Crippen LogP contribution in [-0.2, 0) is 18.3 Å². The summed E-state index contributed by atoms with van der Waals surface area (Å²) in [5, 5.41) is 7.96. The Morgan fingerprint density at radius 3 is 2.82 bits per heavy atom. The summed E-state index contributed by atoms with van der Waals surface area (Å²) in [6.45, 7) is 7.05. The second-order valence-electron chi connectivity index (χ2n) is 5.02. The summed E-state index contributed by atoms with van der Waals surface area (Å²) in [5.74, 6) is 0.748. The van der Waals surface area contributed by atoms with Gasteiger partial charge < -0.3 is 10.1 Å². The van der Waals surface area contributed by atoms with Gasteiger partial charge in [0.15, 0.2) is 0 Å². The summed E-state index contributed by atoms with van der Waals surface area (Å²) in [6, 6.07) is 2.69. The lowest BCUT2D eigenvalue weighted by Crippen LogP contribution is -2.36. The number of ether oxygens (including phenoxy) is 1. The monoisotopic (exact) mass is 237 g/mol. The molecule has 17 heavy (non-hydrogen) atoms. The van der Waals surface area contributed by atoms with Gasteiger partial charge in [-0.1, -0.05) is 0 Å². The fourth-order valence-electron chi connectivity index (χ4n) is 2.48. The van der Waals surface area contributed by atoms with E-state index in [1.165, 1.54) is 18.5 Å². The Balaban J connectivity index is 1.82. The maximum atomic E-state index is 5.39. The normalized spacial score (nSPS) is 19.5. The van der Waals surface area contributed by atoms with E-state index in [0.29, 0.717) is 6.04 Å². The number of aryl methyl sites for hydroxylation is 2. The molecule has 1 aromatic heterocycles. The molecule has 0 amide bonds. The van der Waals surface area contributed by atoms with E-state index in [-0.39, 0.29) is 0 Å². The van der Waals surface area contributed by atoms with Crippen molar-refractivity contribution in [2.45, 2.75) is 39.3 Å². The van der Waals surface area contributed by atoms with E-state index in [1.807, 2.05) is 18.7 Å². The topological polar surface area (TPSA) is 39.1 Å². The maximum absolute atomic E-state index is 5.39. The minimum Gasteiger partial charge on any atom is -0.381 e. The first-order valence-electron chi connectivity index (χ1n) is 6.47. The van der Waals surface area contributed by atoms with E-state index < -0.39 is 0 Å². The summed E-state index contributed by atoms with van der Waals surface area (Å²) in [7, 11) is 2.00. The van der Waals surface area contributed by atoms with Crippen molar-refractivity contribution in [2.75, 3.05) is 13.2 Å². The molecule has 0 bridgehead atoms. The van der Waals surface area contributed by atoms with E-state index in [0.717, 1.165) is 31.4 Å². The Labute approximate surface area is 103 Å². The van der Waals surface area contributed by atoms with Crippen LogP contribution in [0.1, 0.15) is 31.2 Å². The van der Waals surface area contributed by atoms with Crippen molar-refractivity contribution in [3.63, 3.8) is 0 Å². The largest absolute Gasteiger partial charge is 0.381 e. The smallest absolute Gasteiger partial charge is 0.0597 e. The van der Waals surface area contributed by atoms with E-state index >= 15 is 0 Å². The first kappa shape index (κ1) is 12.6. The van der Waals surface area contributed by atoms with Crippen molar-refractivity contribution < 1.29 is 4.74 Å². The fraction of sp³-hybridized carbons (Fsp3) is 0.769. The number of aromatic nitrogens is 2. The van der Waals surface area contributed by atoms with Gasteiger partial charge in [-0.15, -0.1) is 0 Å². The summed E-state index contributed by atoms with van der Waals surface area (Å²) in [5.41, 5.74) is 2.34. The van der Waals surface area contributed by atoms with Gasteiger partial charge >= 0.3 is 0 Å². The summed E-state index contributed by atoms with van der Waals surface area (Å²) < 4.78 is 7.35. The highest BCUT2D eigenvalue weighted by atomic mass is 16.5. The van der Waals surface area contributed by atoms with Gasteiger partial charge in [-0.3, -0.25) is 4.68 Å². The molecule has 1 aliphatic heterocycles. The highest BCUT2D eigenvalue weighted by Crippen LogP contribution is 2.18. The highest BCUT2D eigenvalue weighted by molar-refractivity contribution is 5.08. The van der Waals surface area contributed by atoms with Gasteiger partial charge in [0.05, 0.1) is 11.4 Å². The van der Waals surface area contributed by atoms with Crippen LogP contribution >= 0.6 is 0 Å². The molecule has 0 spiro atoms. The second-order valence-corrected chi connectivity index (χ2v) is 5.02. The molecule has 2 heterocycles. The van der Waals surface area contributed by atoms with E-state index in [2.05, 4.69) is 23.4 Å². The van der Waals surface area contributed by atoms with Gasteiger partial charge in [-0.25, -0.2) is 0 Å². The molecule has 0 saturated carbocycles. The average molecular weight is 237 g/mol. The Bertz CT molecular complexity index is 356. The van der Waals surface area contributed by atoms with Gasteiger partial charge in [-0.2, -0.15) is 5.10 Å². The molecule has 4 heteroatoms. The van der Waals surface area contributed by atoms with Crippen molar-refractivity contribution >= 4 is 0 Å². The lowest BCUT2D eigenvalue weighted by atomic mass is 9.93. The number of hydrogen-bond acceptors (Lipinski definition) is 3. The van der Waals surface area contributed by atoms with E-state index in [4.69, 9.17) is 4.74 Å². The molecule has 0 radical (unpaired) electrons. The van der Waals surface area contributed by atoms with Crippen LogP contribution in [0.15, 0.2) is 6.07 Å². The molecule has 1 N–H and O–H groups in total. The minimum atomic E-state index is 0.550. The number of rotatable bonds is 4. The fourth-order valence-corrected chi connectivity index (χ4v) is 2.48. The molecule has 1 fully saturated rings. The predicted octanol–water partition coefficient (Wildman–Crippen LogP) is 1.63. The van der Waals surface area contributed by atoms with Crippen LogP contribution < -0.4 is 5.32 Å². The van der Waals surface area contributed by atoms with Crippen LogP contribution in [0.5, 0.6) is 0 Å². The number of hydrogen-bond donors (Lipinski definition) is 1. The Morgan fingerprint density at radius 2 is 2.24 bits per heavy atom. The molecular weight excluding hydrogens is 214 g/mol. The van der Waals surface area contributed by atoms with Crippen LogP contribution in [0.25, 0.3) is 0 Å². The van der Waals surface area contributed by atoms with Crippen molar-refractivity contribution in [2.24, 2.45) is 13.0 Å². The molecule has 2 rings (SSSR count). The van der Waals surface area contributed by atoms with Gasteiger partial charge in [0, 0.05) is 32.8 Å². The molecule has 1 atom stereocenters. The Kier molecular flexibility index (Phi) is 4.18. The first-order valence-corrected chi connectivity index (χ1v) is 6.47. The molecule has 1 aromatic rings. The zero-order valence-corrected chi connectivity index (χ0v) is 11.1. The molecular formula is C13H23N3O. The third kappa shape index (κ3) is 3.30. The summed E-state index contributed by atoms with van der Waals surface area (Å²) in [4.78, 5) is 0. The molecule has 0 aliphatic carbocycles. The highest BCUT2D eigenvalue weighted by Gasteiger charge is 2.20. The molecule has 96 valence electrons. The first-order chi connectivity index (χ1) is 8.16. The van der Waals surface area contributed by atoms with Crippen molar-refractivity contribution in [1.82, 2.24) is 15.1 Å². The van der Waals surface area contributed by atoms with Crippen molar-refractivity contribution in [3.05, 3.63) is 17.5 Å². The zero-order valence-electron chi connectivity index (χ0n) is 11.1. The SMILES string of the molecule is Cc1cc(CNC(C)C2CCOCC2)n(C)n1. The molecule has 1 saturated heterocycles. The number of nitrogens with zero attached hydrogens (tertiary/aromatic N) is 2. The van der Waals surface area contributed by atoms with Crippen LogP contribution in [0.4, 0.5) is 0 Å². The van der Waals surface area contributed by atoms with Crippen LogP contribution in [0.3, 0.4) is 0 Å². The standard InChI is InChI=1S/C13H23N3O/c1-10-8-13(16(3)15-10)9-14-11(2)12-4-6-17-7-5-12/h8,11-12,14H,4-7,9H2,1-3H3. The van der Waals surface area contributed by atoms with E-state index in [9.17, 15) is 0 Å². The lowest BCUT2D eigenvalue weighted by molar-refractivity contribution is 0.0557. The average Bonchev–Trinajstić information content (AvgIpc) is 2.66. The van der Waals surface area contributed by atoms with Gasteiger partial charge in [0.25, 0.3) is 0 Å². The van der Waals surface area contributed by atoms with Gasteiger partial charge in [-0.05, 0) is 38.7 Å². The molecule has 0 aromatic carbocycles. The Hall–Kier alpha value is -0.870. The van der Waals surface area contributed by atoms with Crippen LogP contribution in [0.2, 0.25) is 0 Å². The van der Waals surface area contributed by atoms with Crippen molar-refractivity contribution in [1.29, 1.82) is 0 Å². The van der Waals surface area contributed by atoms with Crippen LogP contribution in [-0.4, -0.2) is 29.0 Å². The quantitative estimate of drug-likeness (QED) is 0.865. The van der Waals surface area contributed by atoms with E-state index in [1.54, 1.807) is 0 Å². The van der Waals surface area contributed by atoms with Crippen LogP contribution in [0, 0.1) is 12.8 Å². The Morgan fingerprint density at radius 1 is 1.53 bits per heavy atom. The molecule has 1 aliphatic rings. The zero-order chi connectivity index (χ0) is 12.3.